The number of nitriles is 1. The highest BCUT2D eigenvalue weighted by atomic mass is 79.9. The van der Waals surface area contributed by atoms with Gasteiger partial charge in [-0.15, -0.1) is 0 Å². The van der Waals surface area contributed by atoms with E-state index in [0.717, 1.165) is 10.0 Å². The molecule has 0 spiro atoms. The molecule has 0 aliphatic carbocycles. The van der Waals surface area contributed by atoms with Crippen LogP contribution in [0.2, 0.25) is 0 Å². The zero-order valence-corrected chi connectivity index (χ0v) is 13.6. The van der Waals surface area contributed by atoms with Gasteiger partial charge in [0.2, 0.25) is 0 Å². The van der Waals surface area contributed by atoms with Crippen molar-refractivity contribution in [1.29, 1.82) is 5.26 Å². The molecule has 2 rings (SSSR count). The second kappa shape index (κ2) is 6.29. The normalized spacial score (nSPS) is 12.1. The van der Waals surface area contributed by atoms with E-state index in [1.807, 2.05) is 6.07 Å². The molecule has 1 heterocycles. The van der Waals surface area contributed by atoms with Crippen LogP contribution in [0.15, 0.2) is 50.4 Å². The predicted octanol–water partition coefficient (Wildman–Crippen LogP) is 3.83. The van der Waals surface area contributed by atoms with E-state index in [-0.39, 0.29) is 10.7 Å². The number of nitrogens with zero attached hydrogens (tertiary/aromatic N) is 1. The number of benzene rings is 1. The third-order valence-corrected chi connectivity index (χ3v) is 4.94. The molecule has 1 aromatic heterocycles. The second-order valence-electron chi connectivity index (χ2n) is 4.48. The Morgan fingerprint density at radius 2 is 2.19 bits per heavy atom. The summed E-state index contributed by atoms with van der Waals surface area (Å²) in [6.45, 7) is 1.78. The third kappa shape index (κ3) is 3.84. The molecule has 2 aromatic rings. The van der Waals surface area contributed by atoms with Crippen LogP contribution in [0.1, 0.15) is 16.9 Å². The molecule has 0 atom stereocenters. The Morgan fingerprint density at radius 3 is 2.76 bits per heavy atom. The molecule has 1 aromatic carbocycles. The molecule has 0 radical (unpaired) electrons. The Hall–Kier alpha value is -1.84. The minimum atomic E-state index is -3.72. The van der Waals surface area contributed by atoms with Crippen LogP contribution >= 0.6 is 15.9 Å². The number of rotatable bonds is 4. The van der Waals surface area contributed by atoms with Crippen LogP contribution in [0.3, 0.4) is 0 Å². The van der Waals surface area contributed by atoms with Gasteiger partial charge in [-0.25, -0.2) is 8.42 Å². The van der Waals surface area contributed by atoms with Crippen LogP contribution in [0.25, 0.3) is 6.08 Å². The maximum atomic E-state index is 12.3. The molecule has 21 heavy (non-hydrogen) atoms. The second-order valence-corrected chi connectivity index (χ2v) is 7.35. The largest absolute Gasteiger partial charge is 0.465 e. The van der Waals surface area contributed by atoms with Gasteiger partial charge in [-0.05, 0) is 36.2 Å². The van der Waals surface area contributed by atoms with Crippen molar-refractivity contribution in [2.45, 2.75) is 12.7 Å². The Bertz CT molecular complexity index is 829. The maximum absolute atomic E-state index is 12.3. The maximum Gasteiger partial charge on any atom is 0.192 e. The van der Waals surface area contributed by atoms with E-state index in [4.69, 9.17) is 9.68 Å². The molecular weight excluding hydrogens is 354 g/mol. The van der Waals surface area contributed by atoms with Gasteiger partial charge in [0.15, 0.2) is 9.84 Å². The predicted molar refractivity (Wildman–Crippen MR) is 83.8 cm³/mol. The number of aryl methyl sites for hydroxylation is 1. The molecule has 0 N–H and O–H groups in total. The van der Waals surface area contributed by atoms with Crippen LogP contribution < -0.4 is 0 Å². The number of furan rings is 1. The van der Waals surface area contributed by atoms with E-state index in [0.29, 0.717) is 11.3 Å². The van der Waals surface area contributed by atoms with Crippen molar-refractivity contribution >= 4 is 31.8 Å². The molecule has 0 bridgehead atoms. The van der Waals surface area contributed by atoms with Gasteiger partial charge in [-0.1, -0.05) is 28.1 Å². The van der Waals surface area contributed by atoms with Crippen LogP contribution in [-0.2, 0) is 15.6 Å². The zero-order chi connectivity index (χ0) is 15.5. The van der Waals surface area contributed by atoms with E-state index in [1.165, 1.54) is 12.3 Å². The summed E-state index contributed by atoms with van der Waals surface area (Å²) < 4.78 is 30.6. The highest BCUT2D eigenvalue weighted by molar-refractivity contribution is 9.10. The SMILES string of the molecule is Cc1ccoc1/C=C(\C#N)S(=O)(=O)Cc1cccc(Br)c1. The number of allylic oxidation sites excluding steroid dienone is 1. The summed E-state index contributed by atoms with van der Waals surface area (Å²) in [5.41, 5.74) is 1.39. The summed E-state index contributed by atoms with van der Waals surface area (Å²) in [6, 6.07) is 10.4. The third-order valence-electron chi connectivity index (χ3n) is 2.85. The Labute approximate surface area is 131 Å². The molecule has 0 saturated carbocycles. The first-order chi connectivity index (χ1) is 9.92. The fourth-order valence-corrected chi connectivity index (χ4v) is 3.41. The lowest BCUT2D eigenvalue weighted by Crippen LogP contribution is -2.06. The topological polar surface area (TPSA) is 71.1 Å². The molecular formula is C15H12BrNO3S. The van der Waals surface area contributed by atoms with Gasteiger partial charge >= 0.3 is 0 Å². The van der Waals surface area contributed by atoms with Gasteiger partial charge < -0.3 is 4.42 Å². The van der Waals surface area contributed by atoms with Gasteiger partial charge in [-0.3, -0.25) is 0 Å². The van der Waals surface area contributed by atoms with Crippen molar-refractivity contribution < 1.29 is 12.8 Å². The van der Waals surface area contributed by atoms with E-state index < -0.39 is 9.84 Å². The van der Waals surface area contributed by atoms with Crippen molar-refractivity contribution in [3.05, 3.63) is 62.9 Å². The van der Waals surface area contributed by atoms with Crippen molar-refractivity contribution in [3.63, 3.8) is 0 Å². The van der Waals surface area contributed by atoms with Crippen molar-refractivity contribution in [2.24, 2.45) is 0 Å². The molecule has 4 nitrogen and oxygen atoms in total. The first kappa shape index (κ1) is 15.5. The quantitative estimate of drug-likeness (QED) is 0.771. The number of sulfone groups is 1. The van der Waals surface area contributed by atoms with E-state index in [2.05, 4.69) is 15.9 Å². The summed E-state index contributed by atoms with van der Waals surface area (Å²) >= 11 is 3.29. The lowest BCUT2D eigenvalue weighted by Gasteiger charge is -2.03. The van der Waals surface area contributed by atoms with E-state index >= 15 is 0 Å². The minimum absolute atomic E-state index is 0.231. The highest BCUT2D eigenvalue weighted by Crippen LogP contribution is 2.21. The lowest BCUT2D eigenvalue weighted by molar-refractivity contribution is 0.554. The van der Waals surface area contributed by atoms with Crippen LogP contribution in [0, 0.1) is 18.3 Å². The Balaban J connectivity index is 2.35. The monoisotopic (exact) mass is 365 g/mol. The van der Waals surface area contributed by atoms with Gasteiger partial charge in [0.05, 0.1) is 12.0 Å². The van der Waals surface area contributed by atoms with Gasteiger partial charge in [-0.2, -0.15) is 5.26 Å². The lowest BCUT2D eigenvalue weighted by atomic mass is 10.2. The van der Waals surface area contributed by atoms with Crippen LogP contribution in [0.4, 0.5) is 0 Å². The summed E-state index contributed by atoms with van der Waals surface area (Å²) in [5.74, 6) is 0.148. The van der Waals surface area contributed by atoms with Crippen molar-refractivity contribution in [2.75, 3.05) is 0 Å². The average Bonchev–Trinajstić information content (AvgIpc) is 2.80. The smallest absolute Gasteiger partial charge is 0.192 e. The van der Waals surface area contributed by atoms with Gasteiger partial charge in [0, 0.05) is 10.5 Å². The molecule has 108 valence electrons. The number of hydrogen-bond acceptors (Lipinski definition) is 4. The minimum Gasteiger partial charge on any atom is -0.465 e. The summed E-state index contributed by atoms with van der Waals surface area (Å²) in [5, 5.41) is 9.14. The first-order valence-corrected chi connectivity index (χ1v) is 8.50. The molecule has 0 aliphatic heterocycles. The Morgan fingerprint density at radius 1 is 1.43 bits per heavy atom. The molecule has 0 aliphatic rings. The number of hydrogen-bond donors (Lipinski definition) is 0. The molecule has 0 unspecified atom stereocenters. The molecule has 0 saturated heterocycles. The fourth-order valence-electron chi connectivity index (χ4n) is 1.77. The van der Waals surface area contributed by atoms with Crippen LogP contribution in [-0.4, -0.2) is 8.42 Å². The van der Waals surface area contributed by atoms with E-state index in [9.17, 15) is 8.42 Å². The van der Waals surface area contributed by atoms with Crippen molar-refractivity contribution in [3.8, 4) is 6.07 Å². The van der Waals surface area contributed by atoms with Gasteiger partial charge in [0.25, 0.3) is 0 Å². The molecule has 0 amide bonds. The summed E-state index contributed by atoms with van der Waals surface area (Å²) in [6.07, 6.45) is 2.72. The average molecular weight is 366 g/mol. The molecule has 6 heteroatoms. The number of halogens is 1. The highest BCUT2D eigenvalue weighted by Gasteiger charge is 2.19. The summed E-state index contributed by atoms with van der Waals surface area (Å²) in [7, 11) is -3.72. The van der Waals surface area contributed by atoms with Crippen LogP contribution in [0.5, 0.6) is 0 Å². The zero-order valence-electron chi connectivity index (χ0n) is 11.2. The standard InChI is InChI=1S/C15H12BrNO3S/c1-11-5-6-20-15(11)8-14(9-17)21(18,19)10-12-3-2-4-13(16)7-12/h2-8H,10H2,1H3/b14-8+. The van der Waals surface area contributed by atoms with E-state index in [1.54, 1.807) is 37.3 Å². The van der Waals surface area contributed by atoms with Crippen molar-refractivity contribution in [1.82, 2.24) is 0 Å². The fraction of sp³-hybridized carbons (Fsp3) is 0.133. The first-order valence-electron chi connectivity index (χ1n) is 6.05. The summed E-state index contributed by atoms with van der Waals surface area (Å²) in [4.78, 5) is -0.305. The molecule has 0 fully saturated rings. The Kier molecular flexibility index (Phi) is 4.66. The van der Waals surface area contributed by atoms with Gasteiger partial charge in [0.1, 0.15) is 16.7 Å².